The Bertz CT molecular complexity index is 4960. The van der Waals surface area contributed by atoms with Crippen molar-refractivity contribution in [2.75, 3.05) is 149 Å². The van der Waals surface area contributed by atoms with E-state index in [1.165, 1.54) is 56.4 Å². The van der Waals surface area contributed by atoms with Gasteiger partial charge >= 0.3 is 18.1 Å². The smallest absolute Gasteiger partial charge is 0.317 e. The van der Waals surface area contributed by atoms with Gasteiger partial charge in [-0.2, -0.15) is 0 Å². The number of piperidine rings is 3. The Labute approximate surface area is 832 Å². The van der Waals surface area contributed by atoms with Gasteiger partial charge in [-0.05, 0) is 258 Å². The van der Waals surface area contributed by atoms with Gasteiger partial charge in [-0.15, -0.1) is 0 Å². The van der Waals surface area contributed by atoms with Gasteiger partial charge in [0, 0.05) is 196 Å². The molecule has 8 aromatic rings. The van der Waals surface area contributed by atoms with Crippen LogP contribution in [0.1, 0.15) is 226 Å². The van der Waals surface area contributed by atoms with E-state index in [1.807, 2.05) is 161 Å². The molecule has 3 saturated heterocycles. The third-order valence-electron chi connectivity index (χ3n) is 28.3. The Balaban J connectivity index is 0.000000209. The Morgan fingerprint density at radius 3 is 1.41 bits per heavy atom. The summed E-state index contributed by atoms with van der Waals surface area (Å²) < 4.78 is 64.6. The molecule has 770 valence electrons. The summed E-state index contributed by atoms with van der Waals surface area (Å²) >= 11 is 0. The van der Waals surface area contributed by atoms with Crippen molar-refractivity contribution in [1.82, 2.24) is 62.2 Å². The van der Waals surface area contributed by atoms with Crippen LogP contribution in [0.4, 0.5) is 27.6 Å². The van der Waals surface area contributed by atoms with Crippen LogP contribution < -0.4 is 42.5 Å². The van der Waals surface area contributed by atoms with Crippen LogP contribution in [-0.2, 0) is 41.4 Å². The van der Waals surface area contributed by atoms with Gasteiger partial charge in [0.25, 0.3) is 5.91 Å². The van der Waals surface area contributed by atoms with Crippen molar-refractivity contribution >= 4 is 34.9 Å². The minimum Gasteiger partial charge on any atom is -0.385 e. The van der Waals surface area contributed by atoms with E-state index < -0.39 is 22.4 Å². The summed E-state index contributed by atoms with van der Waals surface area (Å²) in [4.78, 5) is 62.6. The summed E-state index contributed by atoms with van der Waals surface area (Å²) in [7, 11) is 14.2. The van der Waals surface area contributed by atoms with E-state index in [2.05, 4.69) is 61.4 Å². The summed E-state index contributed by atoms with van der Waals surface area (Å²) in [5.41, 5.74) is 2.25. The second-order valence-electron chi connectivity index (χ2n) is 39.4. The zero-order valence-electron chi connectivity index (χ0n) is 85.6. The number of benzene rings is 7. The van der Waals surface area contributed by atoms with Crippen molar-refractivity contribution in [2.24, 2.45) is 29.6 Å². The topological polar surface area (TPSA) is 305 Å². The minimum absolute atomic E-state index is 0.00239. The number of amides is 7. The van der Waals surface area contributed by atoms with Crippen LogP contribution >= 0.6 is 0 Å². The second-order valence-corrected chi connectivity index (χ2v) is 39.4. The van der Waals surface area contributed by atoms with Crippen LogP contribution in [0.25, 0.3) is 33.2 Å². The molecule has 4 heterocycles. The maximum atomic E-state index is 15.3. The van der Waals surface area contributed by atoms with Crippen molar-refractivity contribution in [3.05, 3.63) is 233 Å². The molecule has 7 aromatic carbocycles. The Hall–Kier alpha value is -9.46. The van der Waals surface area contributed by atoms with Gasteiger partial charge in [-0.1, -0.05) is 179 Å². The SMILES string of the molecule is CNC[C@H](C)NC(=O)N1CCC[C@@H]([C@@](O)(CCCCOC)c2cccc(F)c2-c2ccccc2)C1.CNC[C@H](C)NC(=O)N1CCC[C@@H]([C@@](O)(CCCCOC)c2ccccc2-c2ccccc2F)C1.CNC[C@H](CC(C)C)NC(=O)N1CCC[C@@H]([C@@](O)(CCCCOC)c2cccc3cccnc23)C1.CNC[C@H](CC1CCCCC1)NC(=O)c1cccc([C@@](O)(CCCCOC)c2ccc(F)cc2)c1. The molecule has 4 aliphatic rings. The summed E-state index contributed by atoms with van der Waals surface area (Å²) in [5, 5.41) is 75.0. The molecule has 7 amide bonds. The molecule has 1 saturated carbocycles. The fraction of sp³-hybridized carbons (Fsp3) is 0.566. The molecule has 11 atom stereocenters. The van der Waals surface area contributed by atoms with E-state index in [4.69, 9.17) is 18.9 Å². The molecule has 0 radical (unpaired) electrons. The molecule has 27 heteroatoms. The first kappa shape index (κ1) is 114. The number of methoxy groups -OCH3 is 4. The van der Waals surface area contributed by atoms with Crippen molar-refractivity contribution in [1.29, 1.82) is 0 Å². The lowest BCUT2D eigenvalue weighted by atomic mass is 9.72. The monoisotopic (exact) mass is 1940 g/mol. The van der Waals surface area contributed by atoms with Gasteiger partial charge in [0.05, 0.1) is 22.3 Å². The fourth-order valence-electron chi connectivity index (χ4n) is 21.1. The van der Waals surface area contributed by atoms with Crippen molar-refractivity contribution < 1.29 is 71.7 Å². The summed E-state index contributed by atoms with van der Waals surface area (Å²) in [6, 6.07) is 51.6. The van der Waals surface area contributed by atoms with Gasteiger partial charge in [0.2, 0.25) is 0 Å². The largest absolute Gasteiger partial charge is 0.385 e. The number of nitrogens with one attached hydrogen (secondary N) is 8. The zero-order chi connectivity index (χ0) is 101. The van der Waals surface area contributed by atoms with E-state index in [-0.39, 0.29) is 83.4 Å². The number of likely N-dealkylation sites (N-methyl/N-ethyl adjacent to an activating group) is 4. The van der Waals surface area contributed by atoms with Crippen LogP contribution in [0.5, 0.6) is 0 Å². The number of urea groups is 3. The average molecular weight is 1940 g/mol. The number of halogens is 3. The summed E-state index contributed by atoms with van der Waals surface area (Å²) in [6.07, 6.45) is 23.3. The number of unbranched alkanes of at least 4 members (excludes halogenated alkanes) is 4. The first-order valence-corrected chi connectivity index (χ1v) is 51.5. The van der Waals surface area contributed by atoms with Crippen LogP contribution in [-0.4, -0.2) is 237 Å². The predicted molar refractivity (Wildman–Crippen MR) is 555 cm³/mol. The van der Waals surface area contributed by atoms with E-state index in [9.17, 15) is 48.4 Å². The van der Waals surface area contributed by atoms with E-state index in [0.29, 0.717) is 155 Å². The number of pyridine rings is 1. The Kier molecular flexibility index (Phi) is 48.6. The number of nitrogens with zero attached hydrogens (tertiary/aromatic N) is 4. The number of rotatable bonds is 47. The number of fused-ring (bicyclic) bond motifs is 1. The lowest BCUT2D eigenvalue weighted by molar-refractivity contribution is -0.0563. The molecular formula is C113H165F3N12O12. The van der Waals surface area contributed by atoms with Gasteiger partial charge < -0.3 is 96.6 Å². The van der Waals surface area contributed by atoms with Crippen molar-refractivity contribution in [2.45, 2.75) is 235 Å². The molecule has 1 aliphatic carbocycles. The normalized spacial score (nSPS) is 18.3. The number of ether oxygens (including phenoxy) is 4. The standard InChI is InChI=1S/C29H41FN2O3.2C28H40FN3O3.C28H44N4O3/c1-31-21-27(19-22-9-4-3-5-10-22)32-28(33)23-11-8-12-25(20-23)29(34,17-6-7-18-35-2)24-13-15-26(30)16-14-24;1-21(19-30-2)31-27(33)32-17-10-11-22(20-32)28(34,16-8-9-18-35-3)25-14-6-4-12-23(25)24-13-5-7-15-26(24)29;1-21(19-30-2)31-27(33)32-17-10-13-23(20-32)28(34,16-7-8-18-35-3)24-14-9-15-25(29)26(24)22-11-5-4-6-12-22;1-21(2)18-24(19-29-3)31-27(33)32-16-9-12-23(20-32)28(34,14-5-6-17-35-4)25-13-7-10-22-11-8-15-30-26(22)25/h8,11-16,20,22,27,31,34H,3-7,9-10,17-19,21H2,1-2H3,(H,32,33);4-7,12-15,21-22,30,34H,8-11,16-20H2,1-3H3,(H,31,33);4-6,9,11-12,14-15,21,23,30,34H,7-8,10,13,16-20H2,1-3H3,(H,31,33);7-8,10-11,13,15,21,23-24,29,34H,5-6,9,12,14,16-20H2,1-4H3,(H,31,33)/t27-,29+;21-,22+,28-;21-,23+,28-;23-,24+,28+/m0001/s1. The molecule has 4 fully saturated rings. The number of likely N-dealkylation sites (tertiary alicyclic amines) is 3. The quantitative estimate of drug-likeness (QED) is 0.0158. The number of hydrogen-bond donors (Lipinski definition) is 12. The van der Waals surface area contributed by atoms with Crippen LogP contribution in [0.2, 0.25) is 0 Å². The van der Waals surface area contributed by atoms with Gasteiger partial charge in [0.15, 0.2) is 0 Å². The lowest BCUT2D eigenvalue weighted by Gasteiger charge is -2.44. The Morgan fingerprint density at radius 1 is 0.429 bits per heavy atom. The van der Waals surface area contributed by atoms with E-state index in [1.54, 1.807) is 82.0 Å². The third-order valence-corrected chi connectivity index (χ3v) is 28.3. The molecular weight excluding hydrogens is 1770 g/mol. The molecule has 12 rings (SSSR count). The highest BCUT2D eigenvalue weighted by Gasteiger charge is 2.47. The second kappa shape index (κ2) is 59.6. The molecule has 24 nitrogen and oxygen atoms in total. The first-order valence-electron chi connectivity index (χ1n) is 51.5. The molecule has 0 unspecified atom stereocenters. The van der Waals surface area contributed by atoms with E-state index >= 15 is 4.39 Å². The number of para-hydroxylation sites is 1. The highest BCUT2D eigenvalue weighted by Crippen LogP contribution is 2.48. The number of carbonyl (C=O) groups is 4. The maximum absolute atomic E-state index is 15.3. The van der Waals surface area contributed by atoms with Gasteiger partial charge in [-0.25, -0.2) is 27.6 Å². The number of aliphatic hydroxyl groups is 4. The van der Waals surface area contributed by atoms with Gasteiger partial charge in [0.1, 0.15) is 23.1 Å². The molecule has 1 aromatic heterocycles. The van der Waals surface area contributed by atoms with Crippen molar-refractivity contribution in [3.8, 4) is 22.3 Å². The molecule has 0 bridgehead atoms. The van der Waals surface area contributed by atoms with E-state index in [0.717, 1.165) is 143 Å². The molecule has 140 heavy (non-hydrogen) atoms. The predicted octanol–water partition coefficient (Wildman–Crippen LogP) is 18.5. The fourth-order valence-corrected chi connectivity index (χ4v) is 21.1. The van der Waals surface area contributed by atoms with Crippen LogP contribution in [0.3, 0.4) is 0 Å². The summed E-state index contributed by atoms with van der Waals surface area (Å²) in [5.74, 6) is -0.445. The maximum Gasteiger partial charge on any atom is 0.317 e. The number of aromatic nitrogens is 1. The highest BCUT2D eigenvalue weighted by atomic mass is 19.1. The number of hydrogen-bond acceptors (Lipinski definition) is 17. The Morgan fingerprint density at radius 2 is 0.879 bits per heavy atom. The molecule has 3 aliphatic heterocycles. The third kappa shape index (κ3) is 33.6. The van der Waals surface area contributed by atoms with Crippen LogP contribution in [0.15, 0.2) is 182 Å². The minimum atomic E-state index is -1.33. The molecule has 12 N–H and O–H groups in total. The highest BCUT2D eigenvalue weighted by molar-refractivity contribution is 5.94. The average Bonchev–Trinajstić information content (AvgIpc) is 0.773. The van der Waals surface area contributed by atoms with Crippen LogP contribution in [0, 0.1) is 47.0 Å². The molecule has 0 spiro atoms. The van der Waals surface area contributed by atoms with Gasteiger partial charge in [-0.3, -0.25) is 9.78 Å². The zero-order valence-corrected chi connectivity index (χ0v) is 85.6. The summed E-state index contributed by atoms with van der Waals surface area (Å²) in [6.45, 7) is 17.0. The van der Waals surface area contributed by atoms with Crippen molar-refractivity contribution in [3.63, 3.8) is 0 Å². The first-order chi connectivity index (χ1) is 67.6. The lowest BCUT2D eigenvalue weighted by Crippen LogP contribution is -2.54. The number of carbonyl (C=O) groups excluding carboxylic acids is 4.